The SMILES string of the molecule is COc1ccc(C(=O)O)c(Sc2ccncc2)c1. The molecule has 1 aromatic heterocycles. The molecule has 0 saturated carbocycles. The van der Waals surface area contributed by atoms with Crippen LogP contribution in [-0.4, -0.2) is 23.2 Å². The molecule has 4 nitrogen and oxygen atoms in total. The van der Waals surface area contributed by atoms with Crippen molar-refractivity contribution in [3.8, 4) is 5.75 Å². The summed E-state index contributed by atoms with van der Waals surface area (Å²) in [5.41, 5.74) is 0.262. The summed E-state index contributed by atoms with van der Waals surface area (Å²) in [6.07, 6.45) is 3.34. The molecule has 1 N–H and O–H groups in total. The Morgan fingerprint density at radius 3 is 2.61 bits per heavy atom. The maximum Gasteiger partial charge on any atom is 0.336 e. The van der Waals surface area contributed by atoms with Crippen molar-refractivity contribution in [2.45, 2.75) is 9.79 Å². The molecule has 0 aliphatic carbocycles. The lowest BCUT2D eigenvalue weighted by molar-refractivity contribution is 0.0693. The van der Waals surface area contributed by atoms with Crippen LogP contribution in [0.25, 0.3) is 0 Å². The number of pyridine rings is 1. The quantitative estimate of drug-likeness (QED) is 0.917. The van der Waals surface area contributed by atoms with E-state index < -0.39 is 5.97 Å². The van der Waals surface area contributed by atoms with E-state index in [1.807, 2.05) is 12.1 Å². The van der Waals surface area contributed by atoms with Crippen LogP contribution in [0.1, 0.15) is 10.4 Å². The number of nitrogens with zero attached hydrogens (tertiary/aromatic N) is 1. The van der Waals surface area contributed by atoms with Crippen LogP contribution in [0.5, 0.6) is 5.75 Å². The molecule has 0 radical (unpaired) electrons. The number of carboxylic acids is 1. The topological polar surface area (TPSA) is 59.4 Å². The van der Waals surface area contributed by atoms with Gasteiger partial charge in [0.15, 0.2) is 0 Å². The van der Waals surface area contributed by atoms with E-state index in [4.69, 9.17) is 9.84 Å². The molecular formula is C13H11NO3S. The molecule has 0 aliphatic heterocycles. The third kappa shape index (κ3) is 2.81. The molecule has 0 aliphatic rings. The van der Waals surface area contributed by atoms with Crippen molar-refractivity contribution < 1.29 is 14.6 Å². The first kappa shape index (κ1) is 12.4. The van der Waals surface area contributed by atoms with Gasteiger partial charge in [0, 0.05) is 22.2 Å². The van der Waals surface area contributed by atoms with Gasteiger partial charge in [-0.15, -0.1) is 0 Å². The monoisotopic (exact) mass is 261 g/mol. The summed E-state index contributed by atoms with van der Waals surface area (Å²) in [7, 11) is 1.55. The zero-order valence-corrected chi connectivity index (χ0v) is 10.5. The van der Waals surface area contributed by atoms with Crippen LogP contribution in [-0.2, 0) is 0 Å². The fourth-order valence-electron chi connectivity index (χ4n) is 1.42. The maximum atomic E-state index is 11.1. The number of carbonyl (C=O) groups is 1. The van der Waals surface area contributed by atoms with E-state index in [0.717, 1.165) is 4.90 Å². The fraction of sp³-hybridized carbons (Fsp3) is 0.0769. The standard InChI is InChI=1S/C13H11NO3S/c1-17-9-2-3-11(13(15)16)12(8-9)18-10-4-6-14-7-5-10/h2-8H,1H3,(H,15,16). The van der Waals surface area contributed by atoms with Gasteiger partial charge in [-0.1, -0.05) is 11.8 Å². The highest BCUT2D eigenvalue weighted by molar-refractivity contribution is 7.99. The average molecular weight is 261 g/mol. The van der Waals surface area contributed by atoms with Crippen LogP contribution in [0.2, 0.25) is 0 Å². The van der Waals surface area contributed by atoms with E-state index >= 15 is 0 Å². The number of hydrogen-bond acceptors (Lipinski definition) is 4. The molecule has 1 heterocycles. The lowest BCUT2D eigenvalue weighted by Crippen LogP contribution is -1.99. The van der Waals surface area contributed by atoms with Gasteiger partial charge in [0.05, 0.1) is 12.7 Å². The normalized spacial score (nSPS) is 10.1. The molecule has 2 aromatic rings. The molecule has 0 fully saturated rings. The second-order valence-corrected chi connectivity index (χ2v) is 4.57. The summed E-state index contributed by atoms with van der Waals surface area (Å²) in [6.45, 7) is 0. The molecule has 0 amide bonds. The van der Waals surface area contributed by atoms with Gasteiger partial charge < -0.3 is 9.84 Å². The van der Waals surface area contributed by atoms with Gasteiger partial charge in [-0.2, -0.15) is 0 Å². The van der Waals surface area contributed by atoms with E-state index in [1.54, 1.807) is 37.7 Å². The Morgan fingerprint density at radius 2 is 2.00 bits per heavy atom. The molecule has 0 saturated heterocycles. The lowest BCUT2D eigenvalue weighted by atomic mass is 10.2. The summed E-state index contributed by atoms with van der Waals surface area (Å²) in [5.74, 6) is -0.314. The molecule has 5 heteroatoms. The van der Waals surface area contributed by atoms with Crippen molar-refractivity contribution in [2.24, 2.45) is 0 Å². The second-order valence-electron chi connectivity index (χ2n) is 3.45. The van der Waals surface area contributed by atoms with Gasteiger partial charge in [-0.25, -0.2) is 4.79 Å². The molecule has 0 spiro atoms. The molecule has 0 atom stereocenters. The van der Waals surface area contributed by atoms with Gasteiger partial charge in [0.1, 0.15) is 5.75 Å². The minimum absolute atomic E-state index is 0.262. The van der Waals surface area contributed by atoms with Crippen LogP contribution in [0.3, 0.4) is 0 Å². The molecule has 92 valence electrons. The maximum absolute atomic E-state index is 11.1. The van der Waals surface area contributed by atoms with E-state index in [1.165, 1.54) is 11.8 Å². The number of hydrogen-bond donors (Lipinski definition) is 1. The smallest absolute Gasteiger partial charge is 0.336 e. The predicted molar refractivity (Wildman–Crippen MR) is 68.3 cm³/mol. The number of methoxy groups -OCH3 is 1. The summed E-state index contributed by atoms with van der Waals surface area (Å²) >= 11 is 1.37. The van der Waals surface area contributed by atoms with Crippen molar-refractivity contribution in [3.05, 3.63) is 48.3 Å². The minimum Gasteiger partial charge on any atom is -0.497 e. The van der Waals surface area contributed by atoms with Gasteiger partial charge in [0.25, 0.3) is 0 Å². The van der Waals surface area contributed by atoms with E-state index in [2.05, 4.69) is 4.98 Å². The minimum atomic E-state index is -0.950. The van der Waals surface area contributed by atoms with Crippen LogP contribution in [0.4, 0.5) is 0 Å². The Hall–Kier alpha value is -2.01. The Bertz CT molecular complexity index is 557. The van der Waals surface area contributed by atoms with Crippen molar-refractivity contribution >= 4 is 17.7 Å². The number of aromatic nitrogens is 1. The highest BCUT2D eigenvalue weighted by Crippen LogP contribution is 2.32. The van der Waals surface area contributed by atoms with Crippen LogP contribution >= 0.6 is 11.8 Å². The summed E-state index contributed by atoms with van der Waals surface area (Å²) in [6, 6.07) is 8.56. The Morgan fingerprint density at radius 1 is 1.28 bits per heavy atom. The van der Waals surface area contributed by atoms with Gasteiger partial charge >= 0.3 is 5.97 Å². The first-order chi connectivity index (χ1) is 8.70. The number of rotatable bonds is 4. The van der Waals surface area contributed by atoms with Crippen LogP contribution in [0, 0.1) is 0 Å². The average Bonchev–Trinajstić information content (AvgIpc) is 2.39. The van der Waals surface area contributed by atoms with Crippen LogP contribution < -0.4 is 4.74 Å². The third-order valence-corrected chi connectivity index (χ3v) is 3.36. The third-order valence-electron chi connectivity index (χ3n) is 2.30. The number of carboxylic acid groups (broad SMARTS) is 1. The molecule has 1 aromatic carbocycles. The van der Waals surface area contributed by atoms with Crippen molar-refractivity contribution in [3.63, 3.8) is 0 Å². The molecule has 2 rings (SSSR count). The van der Waals surface area contributed by atoms with Crippen LogP contribution in [0.15, 0.2) is 52.5 Å². The van der Waals surface area contributed by atoms with E-state index in [-0.39, 0.29) is 5.56 Å². The number of aromatic carboxylic acids is 1. The molecule has 0 bridgehead atoms. The molecular weight excluding hydrogens is 250 g/mol. The zero-order valence-electron chi connectivity index (χ0n) is 9.66. The van der Waals surface area contributed by atoms with Crippen molar-refractivity contribution in [1.82, 2.24) is 4.98 Å². The highest BCUT2D eigenvalue weighted by Gasteiger charge is 2.12. The van der Waals surface area contributed by atoms with Gasteiger partial charge in [-0.05, 0) is 30.3 Å². The van der Waals surface area contributed by atoms with Crippen molar-refractivity contribution in [1.29, 1.82) is 0 Å². The highest BCUT2D eigenvalue weighted by atomic mass is 32.2. The lowest BCUT2D eigenvalue weighted by Gasteiger charge is -2.08. The van der Waals surface area contributed by atoms with E-state index in [9.17, 15) is 4.79 Å². The largest absolute Gasteiger partial charge is 0.497 e. The second kappa shape index (κ2) is 5.55. The molecule has 18 heavy (non-hydrogen) atoms. The van der Waals surface area contributed by atoms with Crippen molar-refractivity contribution in [2.75, 3.05) is 7.11 Å². The van der Waals surface area contributed by atoms with Gasteiger partial charge in [-0.3, -0.25) is 4.98 Å². The number of ether oxygens (including phenoxy) is 1. The van der Waals surface area contributed by atoms with E-state index in [0.29, 0.717) is 10.6 Å². The first-order valence-corrected chi connectivity index (χ1v) is 6.01. The predicted octanol–water partition coefficient (Wildman–Crippen LogP) is 2.94. The Balaban J connectivity index is 2.38. The Kier molecular flexibility index (Phi) is 3.84. The summed E-state index contributed by atoms with van der Waals surface area (Å²) < 4.78 is 5.11. The summed E-state index contributed by atoms with van der Waals surface area (Å²) in [4.78, 5) is 16.6. The summed E-state index contributed by atoms with van der Waals surface area (Å²) in [5, 5.41) is 9.14. The zero-order chi connectivity index (χ0) is 13.0. The van der Waals surface area contributed by atoms with Gasteiger partial charge in [0.2, 0.25) is 0 Å². The molecule has 0 unspecified atom stereocenters. The fourth-order valence-corrected chi connectivity index (χ4v) is 2.38. The number of benzene rings is 1. The Labute approximate surface area is 109 Å². The first-order valence-electron chi connectivity index (χ1n) is 5.20.